The standard InChI is InChI=1S/C29H31Cl4N3O4S/c1-18-9-13-22(14-10-18)41(39,40)36(25-8-6-7-23(31)27(25)33)17-26(37)35(19(2)28(38)34-29(3,4)5)16-20-11-12-21(30)15-24(20)32/h6-15,19H,16-17H2,1-5H3,(H,34,38)/t19-/m1/s1. The molecule has 12 heteroatoms. The van der Waals surface area contributed by atoms with Gasteiger partial charge in [-0.1, -0.05) is 76.2 Å². The molecule has 0 heterocycles. The van der Waals surface area contributed by atoms with Gasteiger partial charge in [-0.3, -0.25) is 13.9 Å². The third kappa shape index (κ3) is 8.30. The van der Waals surface area contributed by atoms with Gasteiger partial charge in [-0.25, -0.2) is 8.42 Å². The highest BCUT2D eigenvalue weighted by Gasteiger charge is 2.34. The number of aryl methyl sites for hydroxylation is 1. The van der Waals surface area contributed by atoms with Crippen LogP contribution in [-0.4, -0.2) is 43.3 Å². The fourth-order valence-corrected chi connectivity index (χ4v) is 6.27. The monoisotopic (exact) mass is 657 g/mol. The van der Waals surface area contributed by atoms with Crippen LogP contribution in [0.1, 0.15) is 38.8 Å². The molecule has 0 unspecified atom stereocenters. The van der Waals surface area contributed by atoms with Crippen LogP contribution in [0.15, 0.2) is 65.6 Å². The summed E-state index contributed by atoms with van der Waals surface area (Å²) in [6.07, 6.45) is 0. The first-order valence-corrected chi connectivity index (χ1v) is 15.6. The van der Waals surface area contributed by atoms with Crippen molar-refractivity contribution in [3.05, 3.63) is 91.9 Å². The molecule has 0 saturated heterocycles. The zero-order valence-electron chi connectivity index (χ0n) is 23.2. The van der Waals surface area contributed by atoms with E-state index >= 15 is 0 Å². The summed E-state index contributed by atoms with van der Waals surface area (Å²) in [4.78, 5) is 28.5. The van der Waals surface area contributed by atoms with Crippen molar-refractivity contribution >= 4 is 73.9 Å². The largest absolute Gasteiger partial charge is 0.350 e. The van der Waals surface area contributed by atoms with Gasteiger partial charge in [0.1, 0.15) is 12.6 Å². The number of hydrogen-bond acceptors (Lipinski definition) is 4. The number of sulfonamides is 1. The Kier molecular flexibility index (Phi) is 10.6. The molecule has 0 radical (unpaired) electrons. The minimum absolute atomic E-state index is 0.0179. The first-order valence-electron chi connectivity index (χ1n) is 12.6. The number of halogens is 4. The highest BCUT2D eigenvalue weighted by molar-refractivity contribution is 7.92. The van der Waals surface area contributed by atoms with E-state index in [-0.39, 0.29) is 27.2 Å². The molecule has 220 valence electrons. The average Bonchev–Trinajstić information content (AvgIpc) is 2.87. The van der Waals surface area contributed by atoms with Crippen LogP contribution in [0.2, 0.25) is 20.1 Å². The van der Waals surface area contributed by atoms with Crippen LogP contribution >= 0.6 is 46.4 Å². The number of carbonyl (C=O) groups excluding carboxylic acids is 2. The van der Waals surface area contributed by atoms with E-state index in [9.17, 15) is 18.0 Å². The molecule has 2 amide bonds. The van der Waals surface area contributed by atoms with Gasteiger partial charge in [0.05, 0.1) is 20.6 Å². The van der Waals surface area contributed by atoms with Gasteiger partial charge in [0.2, 0.25) is 11.8 Å². The molecule has 41 heavy (non-hydrogen) atoms. The summed E-state index contributed by atoms with van der Waals surface area (Å²) < 4.78 is 28.8. The van der Waals surface area contributed by atoms with Crippen molar-refractivity contribution in [1.82, 2.24) is 10.2 Å². The van der Waals surface area contributed by atoms with Crippen molar-refractivity contribution in [3.8, 4) is 0 Å². The zero-order chi connectivity index (χ0) is 30.7. The van der Waals surface area contributed by atoms with Crippen LogP contribution in [0.4, 0.5) is 5.69 Å². The Morgan fingerprint density at radius 3 is 2.15 bits per heavy atom. The van der Waals surface area contributed by atoms with Gasteiger partial charge >= 0.3 is 0 Å². The number of amides is 2. The maximum Gasteiger partial charge on any atom is 0.264 e. The van der Waals surface area contributed by atoms with E-state index in [4.69, 9.17) is 46.4 Å². The van der Waals surface area contributed by atoms with Crippen LogP contribution in [-0.2, 0) is 26.2 Å². The number of benzene rings is 3. The second-order valence-corrected chi connectivity index (χ2v) is 14.1. The van der Waals surface area contributed by atoms with Gasteiger partial charge in [0.25, 0.3) is 10.0 Å². The Labute approximate surface area is 261 Å². The van der Waals surface area contributed by atoms with E-state index < -0.39 is 40.0 Å². The first-order chi connectivity index (χ1) is 19.0. The Balaban J connectivity index is 2.10. The van der Waals surface area contributed by atoms with Crippen LogP contribution < -0.4 is 9.62 Å². The molecule has 7 nitrogen and oxygen atoms in total. The van der Waals surface area contributed by atoms with E-state index in [0.717, 1.165) is 9.87 Å². The van der Waals surface area contributed by atoms with E-state index in [1.807, 2.05) is 27.7 Å². The summed E-state index contributed by atoms with van der Waals surface area (Å²) in [5.41, 5.74) is 0.822. The molecule has 0 spiro atoms. The second-order valence-electron chi connectivity index (χ2n) is 10.6. The lowest BCUT2D eigenvalue weighted by Crippen LogP contribution is -2.54. The van der Waals surface area contributed by atoms with Crippen LogP contribution in [0.5, 0.6) is 0 Å². The van der Waals surface area contributed by atoms with Gasteiger partial charge in [0, 0.05) is 22.1 Å². The molecule has 1 atom stereocenters. The number of carbonyl (C=O) groups is 2. The normalized spacial score (nSPS) is 12.5. The zero-order valence-corrected chi connectivity index (χ0v) is 27.1. The van der Waals surface area contributed by atoms with Gasteiger partial charge in [0.15, 0.2) is 0 Å². The number of nitrogens with zero attached hydrogens (tertiary/aromatic N) is 2. The molecule has 0 aliphatic heterocycles. The van der Waals surface area contributed by atoms with E-state index in [1.165, 1.54) is 41.3 Å². The van der Waals surface area contributed by atoms with Crippen LogP contribution in [0.3, 0.4) is 0 Å². The maximum absolute atomic E-state index is 14.0. The highest BCUT2D eigenvalue weighted by atomic mass is 35.5. The molecular formula is C29H31Cl4N3O4S. The third-order valence-electron chi connectivity index (χ3n) is 6.11. The first kappa shape index (κ1) is 33.0. The minimum atomic E-state index is -4.30. The Morgan fingerprint density at radius 1 is 0.927 bits per heavy atom. The Morgan fingerprint density at radius 2 is 1.56 bits per heavy atom. The fraction of sp³-hybridized carbons (Fsp3) is 0.310. The number of rotatable bonds is 9. The fourth-order valence-electron chi connectivity index (χ4n) is 3.93. The molecule has 0 aromatic heterocycles. The number of nitrogens with one attached hydrogen (secondary N) is 1. The second kappa shape index (κ2) is 13.2. The minimum Gasteiger partial charge on any atom is -0.350 e. The Bertz CT molecular complexity index is 1540. The summed E-state index contributed by atoms with van der Waals surface area (Å²) in [5, 5.41) is 3.64. The van der Waals surface area contributed by atoms with Gasteiger partial charge in [-0.2, -0.15) is 0 Å². The van der Waals surface area contributed by atoms with Crippen molar-refractivity contribution in [2.75, 3.05) is 10.8 Å². The van der Waals surface area contributed by atoms with Crippen LogP contribution in [0.25, 0.3) is 0 Å². The third-order valence-corrected chi connectivity index (χ3v) is 9.28. The van der Waals surface area contributed by atoms with Gasteiger partial charge in [-0.15, -0.1) is 0 Å². The number of hydrogen-bond donors (Lipinski definition) is 1. The van der Waals surface area contributed by atoms with Gasteiger partial charge in [-0.05, 0) is 76.6 Å². The summed E-state index contributed by atoms with van der Waals surface area (Å²) in [5.74, 6) is -1.09. The molecule has 0 aliphatic carbocycles. The molecule has 0 saturated carbocycles. The lowest BCUT2D eigenvalue weighted by Gasteiger charge is -2.34. The average molecular weight is 659 g/mol. The van der Waals surface area contributed by atoms with Crippen molar-refractivity contribution in [2.24, 2.45) is 0 Å². The number of anilines is 1. The molecule has 0 fully saturated rings. The SMILES string of the molecule is Cc1ccc(S(=O)(=O)N(CC(=O)N(Cc2ccc(Cl)cc2Cl)[C@H](C)C(=O)NC(C)(C)C)c2cccc(Cl)c2Cl)cc1. The van der Waals surface area contributed by atoms with E-state index in [0.29, 0.717) is 15.6 Å². The summed E-state index contributed by atoms with van der Waals surface area (Å²) in [6.45, 7) is 8.08. The van der Waals surface area contributed by atoms with Crippen molar-refractivity contribution in [2.45, 2.75) is 57.6 Å². The smallest absolute Gasteiger partial charge is 0.264 e. The predicted molar refractivity (Wildman–Crippen MR) is 167 cm³/mol. The topological polar surface area (TPSA) is 86.8 Å². The Hall–Kier alpha value is -2.49. The quantitative estimate of drug-likeness (QED) is 0.265. The maximum atomic E-state index is 14.0. The molecule has 1 N–H and O–H groups in total. The lowest BCUT2D eigenvalue weighted by atomic mass is 10.1. The summed E-state index contributed by atoms with van der Waals surface area (Å²) in [6, 6.07) is 14.5. The van der Waals surface area contributed by atoms with E-state index in [1.54, 1.807) is 31.2 Å². The molecule has 3 aromatic carbocycles. The molecule has 0 bridgehead atoms. The molecular weight excluding hydrogens is 628 g/mol. The van der Waals surface area contributed by atoms with E-state index in [2.05, 4.69) is 5.32 Å². The molecule has 0 aliphatic rings. The summed E-state index contributed by atoms with van der Waals surface area (Å²) in [7, 11) is -4.30. The van der Waals surface area contributed by atoms with Crippen molar-refractivity contribution in [1.29, 1.82) is 0 Å². The van der Waals surface area contributed by atoms with Gasteiger partial charge < -0.3 is 10.2 Å². The summed E-state index contributed by atoms with van der Waals surface area (Å²) >= 11 is 25.2. The lowest BCUT2D eigenvalue weighted by molar-refractivity contribution is -0.140. The van der Waals surface area contributed by atoms with Crippen LogP contribution in [0, 0.1) is 6.92 Å². The highest BCUT2D eigenvalue weighted by Crippen LogP contribution is 2.36. The predicted octanol–water partition coefficient (Wildman–Crippen LogP) is 7.14. The molecule has 3 rings (SSSR count). The van der Waals surface area contributed by atoms with Crippen molar-refractivity contribution < 1.29 is 18.0 Å². The molecule has 3 aromatic rings. The van der Waals surface area contributed by atoms with Crippen molar-refractivity contribution in [3.63, 3.8) is 0 Å².